The van der Waals surface area contributed by atoms with Gasteiger partial charge in [-0.3, -0.25) is 4.90 Å². The molecule has 3 atom stereocenters. The van der Waals surface area contributed by atoms with Crippen LogP contribution >= 0.6 is 0 Å². The van der Waals surface area contributed by atoms with Gasteiger partial charge in [-0.15, -0.1) is 0 Å². The fourth-order valence-corrected chi connectivity index (χ4v) is 3.29. The van der Waals surface area contributed by atoms with Crippen LogP contribution in [-0.2, 0) is 15.1 Å². The van der Waals surface area contributed by atoms with E-state index in [0.717, 1.165) is 13.5 Å². The van der Waals surface area contributed by atoms with Crippen LogP contribution in [0.25, 0.3) is 0 Å². The molecule has 1 heterocycles. The van der Waals surface area contributed by atoms with Gasteiger partial charge in [0.25, 0.3) is 0 Å². The fourth-order valence-electron chi connectivity index (χ4n) is 3.29. The molecule has 32 heavy (non-hydrogen) atoms. The summed E-state index contributed by atoms with van der Waals surface area (Å²) in [5.74, 6) is 0. The molecule has 0 aromatic heterocycles. The molecule has 1 aromatic carbocycles. The number of alkyl halides is 3. The van der Waals surface area contributed by atoms with Crippen LogP contribution in [0.1, 0.15) is 40.2 Å². The van der Waals surface area contributed by atoms with Gasteiger partial charge in [0.05, 0.1) is 19.3 Å². The molecule has 1 saturated heterocycles. The van der Waals surface area contributed by atoms with E-state index in [1.165, 1.54) is 24.3 Å². The number of benzene rings is 1. The lowest BCUT2D eigenvalue weighted by Crippen LogP contribution is -2.51. The summed E-state index contributed by atoms with van der Waals surface area (Å²) in [5.41, 5.74) is -3.24. The summed E-state index contributed by atoms with van der Waals surface area (Å²) in [4.78, 5) is 14.3. The molecular formula is C22H34F3N3O4. The Balaban J connectivity index is 2.10. The molecule has 0 spiro atoms. The first-order chi connectivity index (χ1) is 14.7. The van der Waals surface area contributed by atoms with Crippen molar-refractivity contribution in [2.45, 2.75) is 64.1 Å². The lowest BCUT2D eigenvalue weighted by molar-refractivity contribution is -0.258. The maximum Gasteiger partial charge on any atom is 0.421 e. The molecule has 1 amide bonds. The monoisotopic (exact) mass is 461 g/mol. The van der Waals surface area contributed by atoms with Gasteiger partial charge < -0.3 is 25.2 Å². The maximum atomic E-state index is 13.1. The Bertz CT molecular complexity index is 748. The van der Waals surface area contributed by atoms with E-state index in [1.807, 2.05) is 6.92 Å². The lowest BCUT2D eigenvalue weighted by atomic mass is 9.95. The summed E-state index contributed by atoms with van der Waals surface area (Å²) >= 11 is 0. The molecular weight excluding hydrogens is 427 g/mol. The van der Waals surface area contributed by atoms with E-state index in [0.29, 0.717) is 25.4 Å². The largest absolute Gasteiger partial charge is 0.444 e. The quantitative estimate of drug-likeness (QED) is 0.577. The van der Waals surface area contributed by atoms with Crippen molar-refractivity contribution in [2.24, 2.45) is 0 Å². The first kappa shape index (κ1) is 26.2. The van der Waals surface area contributed by atoms with Crippen LogP contribution in [0.2, 0.25) is 0 Å². The second kappa shape index (κ2) is 10.3. The van der Waals surface area contributed by atoms with Gasteiger partial charge in [0.15, 0.2) is 5.60 Å². The zero-order valence-electron chi connectivity index (χ0n) is 19.3. The number of anilines is 1. The van der Waals surface area contributed by atoms with E-state index in [-0.39, 0.29) is 24.2 Å². The van der Waals surface area contributed by atoms with Crippen LogP contribution < -0.4 is 10.6 Å². The summed E-state index contributed by atoms with van der Waals surface area (Å²) < 4.78 is 50.0. The highest BCUT2D eigenvalue weighted by atomic mass is 19.4. The molecule has 10 heteroatoms. The Morgan fingerprint density at radius 3 is 2.41 bits per heavy atom. The Labute approximate surface area is 187 Å². The van der Waals surface area contributed by atoms with Gasteiger partial charge in [0.1, 0.15) is 5.60 Å². The summed E-state index contributed by atoms with van der Waals surface area (Å²) in [6.45, 7) is 10.9. The molecule has 0 saturated carbocycles. The number of halogens is 3. The molecule has 2 rings (SSSR count). The van der Waals surface area contributed by atoms with Gasteiger partial charge in [0.2, 0.25) is 0 Å². The summed E-state index contributed by atoms with van der Waals surface area (Å²) in [7, 11) is 0. The molecule has 0 radical (unpaired) electrons. The molecule has 3 N–H and O–H groups in total. The van der Waals surface area contributed by atoms with Crippen molar-refractivity contribution in [3.63, 3.8) is 0 Å². The first-order valence-corrected chi connectivity index (χ1v) is 10.6. The molecule has 1 fully saturated rings. The molecule has 1 aromatic rings. The smallest absolute Gasteiger partial charge is 0.421 e. The molecule has 7 nitrogen and oxygen atoms in total. The predicted octanol–water partition coefficient (Wildman–Crippen LogP) is 3.48. The Hall–Kier alpha value is -2.04. The molecule has 1 unspecified atom stereocenters. The van der Waals surface area contributed by atoms with E-state index < -0.39 is 23.5 Å². The second-order valence-corrected chi connectivity index (χ2v) is 9.29. The van der Waals surface area contributed by atoms with E-state index in [9.17, 15) is 23.1 Å². The topological polar surface area (TPSA) is 83.1 Å². The van der Waals surface area contributed by atoms with Crippen LogP contribution in [0.15, 0.2) is 24.3 Å². The number of hydrogen-bond acceptors (Lipinski definition) is 6. The second-order valence-electron chi connectivity index (χ2n) is 9.29. The van der Waals surface area contributed by atoms with Crippen LogP contribution in [0.4, 0.5) is 23.7 Å². The summed E-state index contributed by atoms with van der Waals surface area (Å²) in [6.07, 6.45) is -5.33. The maximum absolute atomic E-state index is 13.1. The van der Waals surface area contributed by atoms with Crippen LogP contribution in [0, 0.1) is 0 Å². The third-order valence-electron chi connectivity index (χ3n) is 5.22. The zero-order chi connectivity index (χ0) is 24.2. The van der Waals surface area contributed by atoms with Crippen molar-refractivity contribution < 1.29 is 32.5 Å². The number of ether oxygens (including phenoxy) is 2. The van der Waals surface area contributed by atoms with Gasteiger partial charge in [0, 0.05) is 31.4 Å². The van der Waals surface area contributed by atoms with Crippen molar-refractivity contribution >= 4 is 11.8 Å². The van der Waals surface area contributed by atoms with Crippen LogP contribution in [-0.4, -0.2) is 72.8 Å². The Morgan fingerprint density at radius 2 is 1.88 bits per heavy atom. The minimum atomic E-state index is -4.78. The van der Waals surface area contributed by atoms with E-state index in [2.05, 4.69) is 15.5 Å². The first-order valence-electron chi connectivity index (χ1n) is 10.6. The Kier molecular flexibility index (Phi) is 8.41. The van der Waals surface area contributed by atoms with Crippen molar-refractivity contribution in [3.05, 3.63) is 29.8 Å². The number of nitrogens with zero attached hydrogens (tertiary/aromatic N) is 1. The van der Waals surface area contributed by atoms with E-state index >= 15 is 0 Å². The highest BCUT2D eigenvalue weighted by Crippen LogP contribution is 2.38. The standard InChI is InChI=1S/C22H34F3N3O4/c1-15-14-31-11-10-28(15)13-18(12-26-19(29)32-20(2,3)4)27-17-8-6-16(7-9-17)21(5,30)22(23,24)25/h6-9,15,18,27,30H,10-14H2,1-5H3,(H,26,29)/t15-,18+,21?/m0/s1. The van der Waals surface area contributed by atoms with Crippen molar-refractivity contribution in [2.75, 3.05) is 38.2 Å². The van der Waals surface area contributed by atoms with Gasteiger partial charge in [-0.05, 0) is 52.3 Å². The molecule has 0 bridgehead atoms. The van der Waals surface area contributed by atoms with Crippen LogP contribution in [0.5, 0.6) is 0 Å². The summed E-state index contributed by atoms with van der Waals surface area (Å²) in [6, 6.07) is 5.41. The normalized spacial score (nSPS) is 20.8. The molecule has 1 aliphatic rings. The molecule has 1 aliphatic heterocycles. The third kappa shape index (κ3) is 7.53. The minimum Gasteiger partial charge on any atom is -0.444 e. The average Bonchev–Trinajstić information content (AvgIpc) is 2.66. The van der Waals surface area contributed by atoms with Gasteiger partial charge in [-0.25, -0.2) is 4.79 Å². The van der Waals surface area contributed by atoms with Crippen molar-refractivity contribution in [1.29, 1.82) is 0 Å². The van der Waals surface area contributed by atoms with Crippen molar-refractivity contribution in [3.8, 4) is 0 Å². The number of alkyl carbamates (subject to hydrolysis) is 1. The van der Waals surface area contributed by atoms with Crippen LogP contribution in [0.3, 0.4) is 0 Å². The lowest BCUT2D eigenvalue weighted by Gasteiger charge is -2.36. The zero-order valence-corrected chi connectivity index (χ0v) is 19.3. The van der Waals surface area contributed by atoms with Gasteiger partial charge in [-0.1, -0.05) is 12.1 Å². The van der Waals surface area contributed by atoms with Gasteiger partial charge in [-0.2, -0.15) is 13.2 Å². The van der Waals surface area contributed by atoms with Gasteiger partial charge >= 0.3 is 12.3 Å². The number of hydrogen-bond donors (Lipinski definition) is 3. The highest BCUT2D eigenvalue weighted by molar-refractivity contribution is 5.67. The fraction of sp³-hybridized carbons (Fsp3) is 0.682. The highest BCUT2D eigenvalue weighted by Gasteiger charge is 2.51. The Morgan fingerprint density at radius 1 is 1.25 bits per heavy atom. The molecule has 182 valence electrons. The number of aliphatic hydroxyl groups is 1. The SMILES string of the molecule is C[C@H]1COCCN1C[C@@H](CNC(=O)OC(C)(C)C)Nc1ccc(C(C)(O)C(F)(F)F)cc1. The van der Waals surface area contributed by atoms with Crippen molar-refractivity contribution in [1.82, 2.24) is 10.2 Å². The number of nitrogens with one attached hydrogen (secondary N) is 2. The number of morpholine rings is 1. The third-order valence-corrected chi connectivity index (χ3v) is 5.22. The number of carbonyl (C=O) groups is 1. The predicted molar refractivity (Wildman–Crippen MR) is 116 cm³/mol. The molecule has 0 aliphatic carbocycles. The van der Waals surface area contributed by atoms with E-state index in [1.54, 1.807) is 20.8 Å². The minimum absolute atomic E-state index is 0.193. The average molecular weight is 462 g/mol. The number of rotatable bonds is 7. The number of carbonyl (C=O) groups excluding carboxylic acids is 1. The summed E-state index contributed by atoms with van der Waals surface area (Å²) in [5, 5.41) is 15.9. The van der Waals surface area contributed by atoms with E-state index in [4.69, 9.17) is 9.47 Å². The number of amides is 1.